The molecule has 2 aromatic carbocycles. The molecule has 5 heteroatoms. The van der Waals surface area contributed by atoms with Gasteiger partial charge in [-0.05, 0) is 49.2 Å². The van der Waals surface area contributed by atoms with Crippen LogP contribution >= 0.6 is 0 Å². The molecule has 1 heterocycles. The normalized spacial score (nSPS) is 10.8. The number of benzene rings is 2. The van der Waals surface area contributed by atoms with Gasteiger partial charge in [0.2, 0.25) is 0 Å². The van der Waals surface area contributed by atoms with Crippen LogP contribution in [0.3, 0.4) is 0 Å². The first-order valence-corrected chi connectivity index (χ1v) is 7.42. The van der Waals surface area contributed by atoms with Crippen LogP contribution in [0.1, 0.15) is 12.8 Å². The summed E-state index contributed by atoms with van der Waals surface area (Å²) in [5.74, 6) is 1.71. The Bertz CT molecular complexity index is 722. The first kappa shape index (κ1) is 14.4. The summed E-state index contributed by atoms with van der Waals surface area (Å²) < 4.78 is 12.8. The van der Waals surface area contributed by atoms with Gasteiger partial charge in [0.05, 0.1) is 19.2 Å². The predicted octanol–water partition coefficient (Wildman–Crippen LogP) is 3.30. The van der Waals surface area contributed by atoms with Crippen molar-refractivity contribution in [3.8, 4) is 11.5 Å². The van der Waals surface area contributed by atoms with Gasteiger partial charge < -0.3 is 9.47 Å². The number of methoxy groups -OCH3 is 1. The molecule has 1 aromatic heterocycles. The number of fused-ring (bicyclic) bond motifs is 1. The van der Waals surface area contributed by atoms with Gasteiger partial charge in [-0.15, -0.1) is 5.10 Å². The number of aryl methyl sites for hydroxylation is 1. The zero-order valence-electron chi connectivity index (χ0n) is 12.6. The van der Waals surface area contributed by atoms with Gasteiger partial charge in [0, 0.05) is 6.54 Å². The zero-order valence-corrected chi connectivity index (χ0v) is 12.6. The van der Waals surface area contributed by atoms with E-state index >= 15 is 0 Å². The van der Waals surface area contributed by atoms with Crippen molar-refractivity contribution < 1.29 is 9.47 Å². The maximum absolute atomic E-state index is 5.71. The summed E-state index contributed by atoms with van der Waals surface area (Å²) in [5.41, 5.74) is 2.02. The highest BCUT2D eigenvalue weighted by Crippen LogP contribution is 2.17. The monoisotopic (exact) mass is 297 g/mol. The molecule has 0 N–H and O–H groups in total. The van der Waals surface area contributed by atoms with Crippen molar-refractivity contribution in [2.75, 3.05) is 13.7 Å². The lowest BCUT2D eigenvalue weighted by molar-refractivity contribution is 0.301. The van der Waals surface area contributed by atoms with E-state index in [0.717, 1.165) is 41.9 Å². The molecular formula is C17H19N3O2. The maximum Gasteiger partial charge on any atom is 0.119 e. The Morgan fingerprint density at radius 2 is 1.73 bits per heavy atom. The van der Waals surface area contributed by atoms with Gasteiger partial charge in [-0.25, -0.2) is 4.68 Å². The van der Waals surface area contributed by atoms with E-state index in [2.05, 4.69) is 10.3 Å². The van der Waals surface area contributed by atoms with Crippen LogP contribution in [-0.2, 0) is 6.54 Å². The van der Waals surface area contributed by atoms with E-state index in [0.29, 0.717) is 6.61 Å². The number of nitrogens with zero attached hydrogens (tertiary/aromatic N) is 3. The Labute approximate surface area is 129 Å². The van der Waals surface area contributed by atoms with Gasteiger partial charge in [-0.3, -0.25) is 0 Å². The number of ether oxygens (including phenoxy) is 2. The molecule has 22 heavy (non-hydrogen) atoms. The van der Waals surface area contributed by atoms with E-state index in [4.69, 9.17) is 9.47 Å². The first-order valence-electron chi connectivity index (χ1n) is 7.42. The van der Waals surface area contributed by atoms with E-state index in [1.807, 2.05) is 53.2 Å². The highest BCUT2D eigenvalue weighted by molar-refractivity contribution is 5.73. The Kier molecular flexibility index (Phi) is 4.53. The van der Waals surface area contributed by atoms with Crippen LogP contribution in [-0.4, -0.2) is 28.7 Å². The molecule has 0 radical (unpaired) electrons. The topological polar surface area (TPSA) is 49.2 Å². The van der Waals surface area contributed by atoms with Crippen LogP contribution < -0.4 is 9.47 Å². The van der Waals surface area contributed by atoms with Gasteiger partial charge in [0.25, 0.3) is 0 Å². The van der Waals surface area contributed by atoms with Crippen molar-refractivity contribution >= 4 is 11.0 Å². The lowest BCUT2D eigenvalue weighted by atomic mass is 10.3. The van der Waals surface area contributed by atoms with Gasteiger partial charge in [-0.1, -0.05) is 17.3 Å². The molecule has 0 amide bonds. The van der Waals surface area contributed by atoms with Crippen molar-refractivity contribution in [2.24, 2.45) is 0 Å². The number of hydrogen-bond donors (Lipinski definition) is 0. The fourth-order valence-electron chi connectivity index (χ4n) is 2.31. The van der Waals surface area contributed by atoms with Crippen molar-refractivity contribution in [3.05, 3.63) is 48.5 Å². The number of hydrogen-bond acceptors (Lipinski definition) is 4. The molecule has 0 atom stereocenters. The number of aromatic nitrogens is 3. The van der Waals surface area contributed by atoms with Crippen LogP contribution in [0.2, 0.25) is 0 Å². The minimum Gasteiger partial charge on any atom is -0.497 e. The van der Waals surface area contributed by atoms with E-state index in [9.17, 15) is 0 Å². The quantitative estimate of drug-likeness (QED) is 0.628. The summed E-state index contributed by atoms with van der Waals surface area (Å²) in [4.78, 5) is 0. The second-order valence-corrected chi connectivity index (χ2v) is 5.03. The number of rotatable bonds is 7. The van der Waals surface area contributed by atoms with Crippen LogP contribution in [0.15, 0.2) is 48.5 Å². The van der Waals surface area contributed by atoms with E-state index in [1.165, 1.54) is 0 Å². The summed E-state index contributed by atoms with van der Waals surface area (Å²) in [5, 5.41) is 8.33. The molecule has 0 bridgehead atoms. The third kappa shape index (κ3) is 3.36. The third-order valence-corrected chi connectivity index (χ3v) is 3.51. The molecule has 0 aliphatic carbocycles. The maximum atomic E-state index is 5.71. The van der Waals surface area contributed by atoms with Crippen molar-refractivity contribution in [2.45, 2.75) is 19.4 Å². The molecule has 0 spiro atoms. The average molecular weight is 297 g/mol. The summed E-state index contributed by atoms with van der Waals surface area (Å²) in [7, 11) is 1.66. The summed E-state index contributed by atoms with van der Waals surface area (Å²) >= 11 is 0. The Morgan fingerprint density at radius 3 is 2.55 bits per heavy atom. The second-order valence-electron chi connectivity index (χ2n) is 5.03. The Hall–Kier alpha value is -2.56. The van der Waals surface area contributed by atoms with Gasteiger partial charge in [0.1, 0.15) is 17.0 Å². The summed E-state index contributed by atoms with van der Waals surface area (Å²) in [6.45, 7) is 1.55. The second kappa shape index (κ2) is 6.93. The van der Waals surface area contributed by atoms with Crippen LogP contribution in [0.4, 0.5) is 0 Å². The molecular weight excluding hydrogens is 278 g/mol. The molecule has 3 rings (SSSR count). The van der Waals surface area contributed by atoms with Gasteiger partial charge in [-0.2, -0.15) is 0 Å². The molecule has 114 valence electrons. The van der Waals surface area contributed by atoms with E-state index < -0.39 is 0 Å². The molecule has 0 aliphatic rings. The lowest BCUT2D eigenvalue weighted by Gasteiger charge is -2.07. The molecule has 0 unspecified atom stereocenters. The molecule has 0 fully saturated rings. The highest BCUT2D eigenvalue weighted by Gasteiger charge is 2.02. The van der Waals surface area contributed by atoms with Crippen LogP contribution in [0.5, 0.6) is 11.5 Å². The standard InChI is InChI=1S/C17H19N3O2/c1-21-14-8-10-15(11-9-14)22-13-5-4-12-20-17-7-3-2-6-16(17)18-19-20/h2-3,6-11H,4-5,12-13H2,1H3. The fourth-order valence-corrected chi connectivity index (χ4v) is 2.31. The molecule has 0 saturated carbocycles. The largest absolute Gasteiger partial charge is 0.497 e. The first-order chi connectivity index (χ1) is 10.9. The average Bonchev–Trinajstić information content (AvgIpc) is 2.98. The molecule has 0 saturated heterocycles. The third-order valence-electron chi connectivity index (χ3n) is 3.51. The van der Waals surface area contributed by atoms with Gasteiger partial charge in [0.15, 0.2) is 0 Å². The Morgan fingerprint density at radius 1 is 0.955 bits per heavy atom. The minimum atomic E-state index is 0.693. The minimum absolute atomic E-state index is 0.693. The molecule has 3 aromatic rings. The van der Waals surface area contributed by atoms with Crippen LogP contribution in [0.25, 0.3) is 11.0 Å². The number of unbranched alkanes of at least 4 members (excludes halogenated alkanes) is 1. The summed E-state index contributed by atoms with van der Waals surface area (Å²) in [6, 6.07) is 15.6. The molecule has 5 nitrogen and oxygen atoms in total. The van der Waals surface area contributed by atoms with Crippen molar-refractivity contribution in [3.63, 3.8) is 0 Å². The highest BCUT2D eigenvalue weighted by atomic mass is 16.5. The van der Waals surface area contributed by atoms with Crippen LogP contribution in [0, 0.1) is 0 Å². The van der Waals surface area contributed by atoms with Gasteiger partial charge >= 0.3 is 0 Å². The Balaban J connectivity index is 1.43. The molecule has 0 aliphatic heterocycles. The predicted molar refractivity (Wildman–Crippen MR) is 85.3 cm³/mol. The smallest absolute Gasteiger partial charge is 0.119 e. The van der Waals surface area contributed by atoms with Crippen molar-refractivity contribution in [1.29, 1.82) is 0 Å². The lowest BCUT2D eigenvalue weighted by Crippen LogP contribution is -2.03. The number of para-hydroxylation sites is 1. The SMILES string of the molecule is COc1ccc(OCCCCn2nnc3ccccc32)cc1. The zero-order chi connectivity index (χ0) is 15.2. The van der Waals surface area contributed by atoms with Crippen molar-refractivity contribution in [1.82, 2.24) is 15.0 Å². The fraction of sp³-hybridized carbons (Fsp3) is 0.294. The summed E-state index contributed by atoms with van der Waals surface area (Å²) in [6.07, 6.45) is 1.98. The van der Waals surface area contributed by atoms with E-state index in [1.54, 1.807) is 7.11 Å². The van der Waals surface area contributed by atoms with E-state index in [-0.39, 0.29) is 0 Å².